The fraction of sp³-hybridized carbons (Fsp3) is 0.312. The van der Waals surface area contributed by atoms with Crippen molar-refractivity contribution in [1.29, 1.82) is 0 Å². The molecule has 39 heavy (non-hydrogen) atoms. The maximum absolute atomic E-state index is 12.6. The van der Waals surface area contributed by atoms with Crippen molar-refractivity contribution in [3.63, 3.8) is 0 Å². The summed E-state index contributed by atoms with van der Waals surface area (Å²) in [6.07, 6.45) is 4.40. The number of aromatic nitrogens is 3. The van der Waals surface area contributed by atoms with Crippen LogP contribution in [0.15, 0.2) is 72.8 Å². The summed E-state index contributed by atoms with van der Waals surface area (Å²) in [6.45, 7) is 7.06. The third-order valence-corrected chi connectivity index (χ3v) is 6.63. The smallest absolute Gasteiger partial charge is 0.338 e. The minimum atomic E-state index is -0.364. The van der Waals surface area contributed by atoms with Gasteiger partial charge in [0.25, 0.3) is 0 Å². The molecule has 0 aliphatic heterocycles. The van der Waals surface area contributed by atoms with Crippen LogP contribution < -0.4 is 0 Å². The largest absolute Gasteiger partial charge is 0.507 e. The van der Waals surface area contributed by atoms with Gasteiger partial charge in [0.15, 0.2) is 17.5 Å². The standard InChI is InChI=1S/C32H35N3O4/c1-21(2)9-8-10-22(3)19-20-39-32(38)24-17-15-23(16-18-24)29-33-30(25-11-4-6-13-27(25)36)35-31(34-29)26-12-5-7-14-28(26)37/h4-7,11-18,21-22,36-37H,8-10,19-20H2,1-3H3. The van der Waals surface area contributed by atoms with E-state index in [1.807, 2.05) is 0 Å². The molecule has 3 aromatic carbocycles. The Morgan fingerprint density at radius 3 is 1.79 bits per heavy atom. The van der Waals surface area contributed by atoms with Crippen LogP contribution in [0.4, 0.5) is 0 Å². The van der Waals surface area contributed by atoms with E-state index < -0.39 is 0 Å². The quantitative estimate of drug-likeness (QED) is 0.198. The second kappa shape index (κ2) is 13.0. The third kappa shape index (κ3) is 7.41. The molecule has 7 nitrogen and oxygen atoms in total. The fourth-order valence-corrected chi connectivity index (χ4v) is 4.28. The Labute approximate surface area is 229 Å². The SMILES string of the molecule is CC(C)CCCC(C)CCOC(=O)c1ccc(-c2nc(-c3ccccc3O)nc(-c3ccccc3O)n2)cc1. The molecule has 0 aliphatic carbocycles. The molecule has 4 aromatic rings. The van der Waals surface area contributed by atoms with Gasteiger partial charge in [-0.1, -0.05) is 76.4 Å². The van der Waals surface area contributed by atoms with Crippen LogP contribution in [0.25, 0.3) is 34.2 Å². The predicted molar refractivity (Wildman–Crippen MR) is 152 cm³/mol. The van der Waals surface area contributed by atoms with Crippen LogP contribution in [0.1, 0.15) is 56.8 Å². The number of carbonyl (C=O) groups is 1. The topological polar surface area (TPSA) is 105 Å². The number of phenols is 2. The Balaban J connectivity index is 1.52. The minimum absolute atomic E-state index is 0.0326. The number of hydrogen-bond acceptors (Lipinski definition) is 7. The highest BCUT2D eigenvalue weighted by atomic mass is 16.5. The van der Waals surface area contributed by atoms with Gasteiger partial charge in [-0.05, 0) is 54.7 Å². The van der Waals surface area contributed by atoms with Crippen molar-refractivity contribution < 1.29 is 19.7 Å². The predicted octanol–water partition coefficient (Wildman–Crippen LogP) is 7.29. The number of aromatic hydroxyl groups is 2. The van der Waals surface area contributed by atoms with Crippen molar-refractivity contribution in [3.8, 4) is 45.7 Å². The number of rotatable bonds is 11. The van der Waals surface area contributed by atoms with Gasteiger partial charge in [0, 0.05) is 5.56 Å². The van der Waals surface area contributed by atoms with Crippen molar-refractivity contribution in [2.75, 3.05) is 6.61 Å². The van der Waals surface area contributed by atoms with Gasteiger partial charge >= 0.3 is 5.97 Å². The van der Waals surface area contributed by atoms with Gasteiger partial charge in [-0.25, -0.2) is 19.7 Å². The van der Waals surface area contributed by atoms with Gasteiger partial charge in [-0.3, -0.25) is 0 Å². The summed E-state index contributed by atoms with van der Waals surface area (Å²) < 4.78 is 5.52. The highest BCUT2D eigenvalue weighted by molar-refractivity contribution is 5.90. The van der Waals surface area contributed by atoms with Crippen molar-refractivity contribution in [2.45, 2.75) is 46.5 Å². The zero-order valence-electron chi connectivity index (χ0n) is 22.7. The van der Waals surface area contributed by atoms with Gasteiger partial charge in [-0.15, -0.1) is 0 Å². The molecular weight excluding hydrogens is 490 g/mol. The van der Waals surface area contributed by atoms with Crippen LogP contribution >= 0.6 is 0 Å². The lowest BCUT2D eigenvalue weighted by Crippen LogP contribution is -2.09. The van der Waals surface area contributed by atoms with Crippen LogP contribution in [0, 0.1) is 11.8 Å². The van der Waals surface area contributed by atoms with Crippen LogP contribution in [0.5, 0.6) is 11.5 Å². The molecule has 0 saturated heterocycles. The number of hydrogen-bond donors (Lipinski definition) is 2. The second-order valence-corrected chi connectivity index (χ2v) is 10.3. The molecule has 2 N–H and O–H groups in total. The van der Waals surface area contributed by atoms with E-state index in [0.717, 1.165) is 12.8 Å². The van der Waals surface area contributed by atoms with Crippen LogP contribution in [0.3, 0.4) is 0 Å². The van der Waals surface area contributed by atoms with E-state index in [1.165, 1.54) is 12.8 Å². The van der Waals surface area contributed by atoms with Crippen LogP contribution in [0.2, 0.25) is 0 Å². The minimum Gasteiger partial charge on any atom is -0.507 e. The number of esters is 1. The Bertz CT molecular complexity index is 1340. The van der Waals surface area contributed by atoms with E-state index in [0.29, 0.717) is 46.5 Å². The molecule has 1 unspecified atom stereocenters. The Morgan fingerprint density at radius 1 is 0.718 bits per heavy atom. The number of nitrogens with zero attached hydrogens (tertiary/aromatic N) is 3. The van der Waals surface area contributed by atoms with E-state index >= 15 is 0 Å². The van der Waals surface area contributed by atoms with Gasteiger partial charge in [-0.2, -0.15) is 0 Å². The summed E-state index contributed by atoms with van der Waals surface area (Å²) >= 11 is 0. The maximum Gasteiger partial charge on any atom is 0.338 e. The van der Waals surface area contributed by atoms with Crippen molar-refractivity contribution in [3.05, 3.63) is 78.4 Å². The van der Waals surface area contributed by atoms with Crippen molar-refractivity contribution >= 4 is 5.97 Å². The summed E-state index contributed by atoms with van der Waals surface area (Å²) in [5.41, 5.74) is 1.98. The molecule has 0 fully saturated rings. The lowest BCUT2D eigenvalue weighted by molar-refractivity contribution is 0.0483. The van der Waals surface area contributed by atoms with Gasteiger partial charge in [0.2, 0.25) is 0 Å². The average Bonchev–Trinajstić information content (AvgIpc) is 2.93. The highest BCUT2D eigenvalue weighted by Crippen LogP contribution is 2.32. The molecule has 0 saturated carbocycles. The molecule has 0 amide bonds. The molecule has 0 aliphatic rings. The third-order valence-electron chi connectivity index (χ3n) is 6.63. The van der Waals surface area contributed by atoms with Crippen molar-refractivity contribution in [1.82, 2.24) is 15.0 Å². The highest BCUT2D eigenvalue weighted by Gasteiger charge is 2.17. The Morgan fingerprint density at radius 2 is 1.26 bits per heavy atom. The lowest BCUT2D eigenvalue weighted by atomic mass is 9.98. The number of benzene rings is 3. The molecule has 202 valence electrons. The fourth-order valence-electron chi connectivity index (χ4n) is 4.28. The zero-order chi connectivity index (χ0) is 27.8. The van der Waals surface area contributed by atoms with E-state index in [9.17, 15) is 15.0 Å². The lowest BCUT2D eigenvalue weighted by Gasteiger charge is -2.13. The first-order valence-electron chi connectivity index (χ1n) is 13.4. The number of ether oxygens (including phenoxy) is 1. The van der Waals surface area contributed by atoms with Gasteiger partial charge in [0.05, 0.1) is 23.3 Å². The average molecular weight is 526 g/mol. The molecule has 0 bridgehead atoms. The molecule has 0 spiro atoms. The maximum atomic E-state index is 12.6. The second-order valence-electron chi connectivity index (χ2n) is 10.3. The monoisotopic (exact) mass is 525 g/mol. The summed E-state index contributed by atoms with van der Waals surface area (Å²) in [4.78, 5) is 26.3. The summed E-state index contributed by atoms with van der Waals surface area (Å²) in [5.74, 6) is 1.80. The van der Waals surface area contributed by atoms with E-state index in [-0.39, 0.29) is 29.1 Å². The number of phenolic OH excluding ortho intramolecular Hbond substituents is 2. The summed E-state index contributed by atoms with van der Waals surface area (Å²) in [7, 11) is 0. The van der Waals surface area contributed by atoms with E-state index in [4.69, 9.17) is 4.74 Å². The number of para-hydroxylation sites is 2. The van der Waals surface area contributed by atoms with E-state index in [1.54, 1.807) is 72.8 Å². The molecule has 7 heteroatoms. The number of carbonyl (C=O) groups excluding carboxylic acids is 1. The first-order chi connectivity index (χ1) is 18.8. The molecule has 4 rings (SSSR count). The summed E-state index contributed by atoms with van der Waals surface area (Å²) in [6, 6.07) is 20.4. The molecule has 1 atom stereocenters. The normalized spacial score (nSPS) is 11.9. The van der Waals surface area contributed by atoms with Crippen LogP contribution in [-0.2, 0) is 4.74 Å². The molecule has 1 aromatic heterocycles. The van der Waals surface area contributed by atoms with Gasteiger partial charge < -0.3 is 14.9 Å². The molecule has 1 heterocycles. The van der Waals surface area contributed by atoms with Gasteiger partial charge in [0.1, 0.15) is 11.5 Å². The Hall–Kier alpha value is -4.26. The zero-order valence-corrected chi connectivity index (χ0v) is 22.7. The van der Waals surface area contributed by atoms with Crippen LogP contribution in [-0.4, -0.2) is 37.7 Å². The Kier molecular flexibility index (Phi) is 9.26. The van der Waals surface area contributed by atoms with Crippen molar-refractivity contribution in [2.24, 2.45) is 11.8 Å². The molecular formula is C32H35N3O4. The molecule has 0 radical (unpaired) electrons. The van der Waals surface area contributed by atoms with E-state index in [2.05, 4.69) is 35.7 Å². The first kappa shape index (κ1) is 27.8. The summed E-state index contributed by atoms with van der Waals surface area (Å²) in [5, 5.41) is 20.8. The first-order valence-corrected chi connectivity index (χ1v) is 13.4.